The van der Waals surface area contributed by atoms with E-state index in [1.165, 1.54) is 13.3 Å². The number of amides is 1. The van der Waals surface area contributed by atoms with Crippen LogP contribution in [0.15, 0.2) is 17.1 Å². The highest BCUT2D eigenvalue weighted by molar-refractivity contribution is 6.18. The van der Waals surface area contributed by atoms with E-state index < -0.39 is 18.2 Å². The first-order valence-corrected chi connectivity index (χ1v) is 9.91. The van der Waals surface area contributed by atoms with Crippen molar-refractivity contribution in [1.29, 1.82) is 0 Å². The molecule has 0 radical (unpaired) electrons. The van der Waals surface area contributed by atoms with E-state index in [4.69, 9.17) is 21.1 Å². The minimum atomic E-state index is -0.688. The molecule has 0 aromatic heterocycles. The van der Waals surface area contributed by atoms with Crippen LogP contribution in [0.4, 0.5) is 4.79 Å². The fraction of sp³-hybridized carbons (Fsp3) is 0.737. The minimum Gasteiger partial charge on any atom is -0.458 e. The lowest BCUT2D eigenvalue weighted by Gasteiger charge is -2.16. The Balaban J connectivity index is 3.57. The third-order valence-corrected chi connectivity index (χ3v) is 4.07. The highest BCUT2D eigenvalue weighted by atomic mass is 35.5. The first kappa shape index (κ1) is 25.1. The Morgan fingerprint density at radius 2 is 1.70 bits per heavy atom. The van der Waals surface area contributed by atoms with Crippen LogP contribution >= 0.6 is 11.6 Å². The summed E-state index contributed by atoms with van der Waals surface area (Å²) >= 11 is 5.71. The predicted molar refractivity (Wildman–Crippen MR) is 105 cm³/mol. The van der Waals surface area contributed by atoms with Crippen molar-refractivity contribution in [3.63, 3.8) is 0 Å². The van der Waals surface area contributed by atoms with Crippen LogP contribution in [0.2, 0.25) is 0 Å². The van der Waals surface area contributed by atoms with Crippen LogP contribution in [0.25, 0.3) is 0 Å². The summed E-state index contributed by atoms with van der Waals surface area (Å²) in [5, 5.41) is 2.67. The Morgan fingerprint density at radius 3 is 2.26 bits per heavy atom. The fourth-order valence-corrected chi connectivity index (χ4v) is 2.36. The Hall–Kier alpha value is -1.85. The van der Waals surface area contributed by atoms with Crippen LogP contribution in [-0.2, 0) is 19.1 Å². The van der Waals surface area contributed by atoms with Gasteiger partial charge in [-0.1, -0.05) is 45.1 Å². The average molecular weight is 403 g/mol. The van der Waals surface area contributed by atoms with Gasteiger partial charge >= 0.3 is 12.1 Å². The maximum atomic E-state index is 11.7. The SMILES string of the molecule is C=C(C)C(=O)OCC(CCl)OC(=O)NCCCCCCCCCCN=C=O. The van der Waals surface area contributed by atoms with E-state index in [-0.39, 0.29) is 18.1 Å². The topological polar surface area (TPSA) is 94.1 Å². The lowest BCUT2D eigenvalue weighted by Crippen LogP contribution is -2.33. The number of nitrogens with one attached hydrogen (secondary N) is 1. The number of carbonyl (C=O) groups excluding carboxylic acids is 3. The number of hydrogen-bond donors (Lipinski definition) is 1. The Morgan fingerprint density at radius 1 is 1.11 bits per heavy atom. The van der Waals surface area contributed by atoms with Gasteiger partial charge in [0.25, 0.3) is 0 Å². The Bertz CT molecular complexity index is 492. The lowest BCUT2D eigenvalue weighted by atomic mass is 10.1. The number of halogens is 1. The van der Waals surface area contributed by atoms with Crippen molar-refractivity contribution >= 4 is 29.7 Å². The summed E-state index contributed by atoms with van der Waals surface area (Å²) < 4.78 is 10.0. The van der Waals surface area contributed by atoms with Gasteiger partial charge in [-0.05, 0) is 19.8 Å². The van der Waals surface area contributed by atoms with Gasteiger partial charge in [-0.15, -0.1) is 11.6 Å². The van der Waals surface area contributed by atoms with Crippen molar-refractivity contribution in [2.24, 2.45) is 4.99 Å². The van der Waals surface area contributed by atoms with Crippen LogP contribution in [0, 0.1) is 0 Å². The molecule has 0 fully saturated rings. The largest absolute Gasteiger partial charge is 0.458 e. The van der Waals surface area contributed by atoms with Crippen LogP contribution in [0.5, 0.6) is 0 Å². The molecule has 154 valence electrons. The molecule has 0 bridgehead atoms. The maximum absolute atomic E-state index is 11.7. The molecule has 8 heteroatoms. The molecule has 0 spiro atoms. The zero-order chi connectivity index (χ0) is 20.3. The normalized spacial score (nSPS) is 11.2. The van der Waals surface area contributed by atoms with Gasteiger partial charge in [0.2, 0.25) is 6.08 Å². The molecule has 1 amide bonds. The third-order valence-electron chi connectivity index (χ3n) is 3.73. The van der Waals surface area contributed by atoms with E-state index in [9.17, 15) is 14.4 Å². The second-order valence-electron chi connectivity index (χ2n) is 6.29. The summed E-state index contributed by atoms with van der Waals surface area (Å²) in [4.78, 5) is 36.4. The van der Waals surface area contributed by atoms with Gasteiger partial charge in [0.05, 0.1) is 12.4 Å². The molecule has 0 heterocycles. The van der Waals surface area contributed by atoms with Crippen molar-refractivity contribution in [3.8, 4) is 0 Å². The fourth-order valence-electron chi connectivity index (χ4n) is 2.21. The van der Waals surface area contributed by atoms with Crippen molar-refractivity contribution in [2.75, 3.05) is 25.6 Å². The number of aliphatic imine (C=N–C) groups is 1. The van der Waals surface area contributed by atoms with E-state index in [0.29, 0.717) is 13.1 Å². The molecule has 0 aromatic rings. The van der Waals surface area contributed by atoms with Gasteiger partial charge in [-0.3, -0.25) is 0 Å². The summed E-state index contributed by atoms with van der Waals surface area (Å²) in [7, 11) is 0. The quantitative estimate of drug-likeness (QED) is 0.105. The molecule has 0 aliphatic carbocycles. The Labute approximate surface area is 166 Å². The smallest absolute Gasteiger partial charge is 0.407 e. The molecular formula is C19H31ClN2O5. The summed E-state index contributed by atoms with van der Waals surface area (Å²) in [6.07, 6.45) is 8.81. The molecule has 27 heavy (non-hydrogen) atoms. The van der Waals surface area contributed by atoms with Gasteiger partial charge in [-0.2, -0.15) is 0 Å². The molecule has 1 unspecified atom stereocenters. The number of alkyl carbamates (subject to hydrolysis) is 1. The molecule has 1 atom stereocenters. The summed E-state index contributed by atoms with van der Waals surface area (Å²) in [6.45, 7) is 6.02. The molecule has 0 saturated heterocycles. The van der Waals surface area contributed by atoms with Crippen molar-refractivity contribution in [1.82, 2.24) is 5.32 Å². The highest BCUT2D eigenvalue weighted by Crippen LogP contribution is 2.08. The van der Waals surface area contributed by atoms with E-state index in [1.54, 1.807) is 6.08 Å². The maximum Gasteiger partial charge on any atom is 0.407 e. The number of ether oxygens (including phenoxy) is 2. The number of alkyl halides is 1. The number of carbonyl (C=O) groups is 2. The molecule has 0 aliphatic rings. The molecule has 0 rings (SSSR count). The van der Waals surface area contributed by atoms with Gasteiger partial charge in [-0.25, -0.2) is 19.4 Å². The van der Waals surface area contributed by atoms with E-state index in [2.05, 4.69) is 16.9 Å². The third kappa shape index (κ3) is 16.1. The van der Waals surface area contributed by atoms with Gasteiger partial charge < -0.3 is 14.8 Å². The Kier molecular flexibility index (Phi) is 16.4. The summed E-state index contributed by atoms with van der Waals surface area (Å²) in [5.41, 5.74) is 0.278. The first-order chi connectivity index (χ1) is 13.0. The molecule has 7 nitrogen and oxygen atoms in total. The molecule has 0 aliphatic heterocycles. The van der Waals surface area contributed by atoms with Crippen molar-refractivity contribution < 1.29 is 23.9 Å². The van der Waals surface area contributed by atoms with E-state index >= 15 is 0 Å². The molecule has 0 aromatic carbocycles. The van der Waals surface area contributed by atoms with Gasteiger partial charge in [0, 0.05) is 12.1 Å². The number of esters is 1. The standard InChI is InChI=1S/C19H31ClN2O5/c1-16(2)18(24)26-14-17(13-20)27-19(25)22-12-10-8-6-4-3-5-7-9-11-21-15-23/h17H,1,3-14H2,2H3,(H,22,25). The monoisotopic (exact) mass is 402 g/mol. The first-order valence-electron chi connectivity index (χ1n) is 9.38. The van der Waals surface area contributed by atoms with Crippen molar-refractivity contribution in [3.05, 3.63) is 12.2 Å². The van der Waals surface area contributed by atoms with E-state index in [1.807, 2.05) is 0 Å². The van der Waals surface area contributed by atoms with Crippen LogP contribution in [0.1, 0.15) is 58.3 Å². The van der Waals surface area contributed by atoms with E-state index in [0.717, 1.165) is 44.9 Å². The molecular weight excluding hydrogens is 372 g/mol. The van der Waals surface area contributed by atoms with Crippen LogP contribution in [0.3, 0.4) is 0 Å². The van der Waals surface area contributed by atoms with Gasteiger partial charge in [0.1, 0.15) is 6.61 Å². The number of isocyanates is 1. The zero-order valence-corrected chi connectivity index (χ0v) is 16.9. The number of hydrogen-bond acceptors (Lipinski definition) is 6. The number of rotatable bonds is 16. The van der Waals surface area contributed by atoms with Crippen LogP contribution < -0.4 is 5.32 Å². The summed E-state index contributed by atoms with van der Waals surface area (Å²) in [6, 6.07) is 0. The molecule has 0 saturated carbocycles. The molecule has 1 N–H and O–H groups in total. The second-order valence-corrected chi connectivity index (χ2v) is 6.60. The van der Waals surface area contributed by atoms with Crippen molar-refractivity contribution in [2.45, 2.75) is 64.4 Å². The highest BCUT2D eigenvalue weighted by Gasteiger charge is 2.16. The number of unbranched alkanes of at least 4 members (excludes halogenated alkanes) is 7. The predicted octanol–water partition coefficient (Wildman–Crippen LogP) is 3.90. The van der Waals surface area contributed by atoms with Gasteiger partial charge in [0.15, 0.2) is 6.10 Å². The van der Waals surface area contributed by atoms with Crippen LogP contribution in [-0.4, -0.2) is 49.8 Å². The lowest BCUT2D eigenvalue weighted by molar-refractivity contribution is -0.141. The summed E-state index contributed by atoms with van der Waals surface area (Å²) in [5.74, 6) is -0.498. The minimum absolute atomic E-state index is 0.0401. The second kappa shape index (κ2) is 17.6. The zero-order valence-electron chi connectivity index (χ0n) is 16.1. The number of nitrogens with zero attached hydrogens (tertiary/aromatic N) is 1. The average Bonchev–Trinajstić information content (AvgIpc) is 2.65.